The molecular weight excluding hydrogens is 332 g/mol. The third-order valence-corrected chi connectivity index (χ3v) is 4.25. The molecule has 27 heavy (non-hydrogen) atoms. The van der Waals surface area contributed by atoms with Crippen molar-refractivity contribution in [2.45, 2.75) is 6.92 Å². The molecule has 0 amide bonds. The van der Waals surface area contributed by atoms with Gasteiger partial charge < -0.3 is 9.64 Å². The molecule has 0 bridgehead atoms. The van der Waals surface area contributed by atoms with E-state index in [1.54, 1.807) is 0 Å². The Morgan fingerprint density at radius 2 is 1.63 bits per heavy atom. The number of nitrogens with zero attached hydrogens (tertiary/aromatic N) is 2. The van der Waals surface area contributed by atoms with Crippen molar-refractivity contribution in [3.8, 4) is 11.8 Å². The van der Waals surface area contributed by atoms with E-state index in [0.717, 1.165) is 31.8 Å². The van der Waals surface area contributed by atoms with E-state index in [-0.39, 0.29) is 0 Å². The van der Waals surface area contributed by atoms with Gasteiger partial charge in [-0.1, -0.05) is 60.4 Å². The molecule has 2 rings (SSSR count). The molecule has 2 aromatic carbocycles. The van der Waals surface area contributed by atoms with Crippen LogP contribution in [-0.4, -0.2) is 56.7 Å². The summed E-state index contributed by atoms with van der Waals surface area (Å²) >= 11 is 0. The number of benzene rings is 2. The van der Waals surface area contributed by atoms with Gasteiger partial charge >= 0.3 is 0 Å². The number of likely N-dealkylation sites (N-methyl/N-ethyl adjacent to an activating group) is 2. The zero-order valence-corrected chi connectivity index (χ0v) is 16.7. The van der Waals surface area contributed by atoms with E-state index >= 15 is 0 Å². The van der Waals surface area contributed by atoms with Crippen LogP contribution in [0.25, 0.3) is 5.70 Å². The molecule has 2 aromatic rings. The van der Waals surface area contributed by atoms with Crippen molar-refractivity contribution < 1.29 is 4.74 Å². The molecule has 0 radical (unpaired) electrons. The second-order valence-corrected chi connectivity index (χ2v) is 6.44. The smallest absolute Gasteiger partial charge is 0.0670 e. The Hall–Kier alpha value is -2.54. The van der Waals surface area contributed by atoms with Gasteiger partial charge in [-0.3, -0.25) is 4.90 Å². The highest BCUT2D eigenvalue weighted by Crippen LogP contribution is 2.17. The standard InChI is InChI=1S/C24H30N2O/c1-4-27-21-17-24(23-15-9-6-10-16-23)26(3)20-19-25(2)18-11-14-22-12-7-5-8-13-22/h5-10,12-13,15-17H,4,18-21H2,1-3H3/b24-17+. The Balaban J connectivity index is 1.89. The van der Waals surface area contributed by atoms with Gasteiger partial charge in [0, 0.05) is 38.0 Å². The Labute approximate surface area is 164 Å². The summed E-state index contributed by atoms with van der Waals surface area (Å²) in [7, 11) is 4.24. The van der Waals surface area contributed by atoms with Crippen LogP contribution in [0, 0.1) is 11.8 Å². The van der Waals surface area contributed by atoms with Gasteiger partial charge in [-0.2, -0.15) is 0 Å². The van der Waals surface area contributed by atoms with Gasteiger partial charge in [0.1, 0.15) is 0 Å². The summed E-state index contributed by atoms with van der Waals surface area (Å²) in [5.41, 5.74) is 3.48. The fourth-order valence-corrected chi connectivity index (χ4v) is 2.68. The van der Waals surface area contributed by atoms with E-state index in [1.807, 2.05) is 43.3 Å². The van der Waals surface area contributed by atoms with Crippen molar-refractivity contribution in [2.75, 3.05) is 46.9 Å². The van der Waals surface area contributed by atoms with Crippen LogP contribution in [-0.2, 0) is 4.74 Å². The highest BCUT2D eigenvalue weighted by Gasteiger charge is 2.08. The molecule has 0 aliphatic carbocycles. The van der Waals surface area contributed by atoms with Gasteiger partial charge in [0.25, 0.3) is 0 Å². The SMILES string of the molecule is CCOC/C=C(\c1ccccc1)N(C)CCN(C)CC#Cc1ccccc1. The molecule has 0 heterocycles. The first-order valence-corrected chi connectivity index (χ1v) is 9.47. The lowest BCUT2D eigenvalue weighted by molar-refractivity contribution is 0.177. The first-order valence-electron chi connectivity index (χ1n) is 9.47. The summed E-state index contributed by atoms with van der Waals surface area (Å²) in [6, 6.07) is 20.6. The summed E-state index contributed by atoms with van der Waals surface area (Å²) < 4.78 is 5.52. The molecule has 0 aromatic heterocycles. The van der Waals surface area contributed by atoms with E-state index in [2.05, 4.69) is 66.1 Å². The van der Waals surface area contributed by atoms with Crippen molar-refractivity contribution in [3.05, 3.63) is 77.9 Å². The molecule has 3 nitrogen and oxygen atoms in total. The maximum Gasteiger partial charge on any atom is 0.0670 e. The molecule has 0 saturated carbocycles. The lowest BCUT2D eigenvalue weighted by Gasteiger charge is -2.25. The van der Waals surface area contributed by atoms with Crippen LogP contribution in [0.3, 0.4) is 0 Å². The molecule has 142 valence electrons. The van der Waals surface area contributed by atoms with Gasteiger partial charge in [-0.05, 0) is 37.7 Å². The molecule has 0 saturated heterocycles. The largest absolute Gasteiger partial charge is 0.378 e. The van der Waals surface area contributed by atoms with Crippen LogP contribution >= 0.6 is 0 Å². The molecule has 0 aliphatic rings. The molecule has 0 unspecified atom stereocenters. The van der Waals surface area contributed by atoms with Crippen LogP contribution in [0.4, 0.5) is 0 Å². The first kappa shape index (κ1) is 20.8. The minimum absolute atomic E-state index is 0.628. The minimum atomic E-state index is 0.628. The normalized spacial score (nSPS) is 11.2. The van der Waals surface area contributed by atoms with Gasteiger partial charge in [-0.15, -0.1) is 0 Å². The second kappa shape index (κ2) is 12.0. The Kier molecular flexibility index (Phi) is 9.20. The Morgan fingerprint density at radius 3 is 2.30 bits per heavy atom. The van der Waals surface area contributed by atoms with Gasteiger partial charge in [0.05, 0.1) is 13.2 Å². The molecule has 0 fully saturated rings. The highest BCUT2D eigenvalue weighted by atomic mass is 16.5. The maximum atomic E-state index is 5.52. The van der Waals surface area contributed by atoms with E-state index in [9.17, 15) is 0 Å². The number of hydrogen-bond donors (Lipinski definition) is 0. The van der Waals surface area contributed by atoms with Crippen molar-refractivity contribution in [2.24, 2.45) is 0 Å². The van der Waals surface area contributed by atoms with Crippen LogP contribution in [0.1, 0.15) is 18.1 Å². The molecule has 0 aliphatic heterocycles. The average molecular weight is 363 g/mol. The third kappa shape index (κ3) is 7.70. The molecule has 0 spiro atoms. The molecule has 0 atom stereocenters. The Morgan fingerprint density at radius 1 is 0.963 bits per heavy atom. The fraction of sp³-hybridized carbons (Fsp3) is 0.333. The Bertz CT molecular complexity index is 744. The van der Waals surface area contributed by atoms with E-state index in [4.69, 9.17) is 4.74 Å². The third-order valence-electron chi connectivity index (χ3n) is 4.25. The topological polar surface area (TPSA) is 15.7 Å². The molecule has 0 N–H and O–H groups in total. The first-order chi connectivity index (χ1) is 13.2. The zero-order chi connectivity index (χ0) is 19.3. The number of hydrogen-bond acceptors (Lipinski definition) is 3. The van der Waals surface area contributed by atoms with Gasteiger partial charge in [0.2, 0.25) is 0 Å². The highest BCUT2D eigenvalue weighted by molar-refractivity contribution is 5.63. The van der Waals surface area contributed by atoms with Crippen LogP contribution < -0.4 is 0 Å². The van der Waals surface area contributed by atoms with E-state index in [1.165, 1.54) is 11.3 Å². The summed E-state index contributed by atoms with van der Waals surface area (Å²) in [6.45, 7) is 6.00. The summed E-state index contributed by atoms with van der Waals surface area (Å²) in [5.74, 6) is 6.46. The van der Waals surface area contributed by atoms with Crippen molar-refractivity contribution in [1.82, 2.24) is 9.80 Å². The van der Waals surface area contributed by atoms with Crippen LogP contribution in [0.2, 0.25) is 0 Å². The fourth-order valence-electron chi connectivity index (χ4n) is 2.68. The second-order valence-electron chi connectivity index (χ2n) is 6.44. The zero-order valence-electron chi connectivity index (χ0n) is 16.7. The van der Waals surface area contributed by atoms with Crippen LogP contribution in [0.15, 0.2) is 66.7 Å². The lowest BCUT2D eigenvalue weighted by Crippen LogP contribution is -2.30. The number of rotatable bonds is 9. The van der Waals surface area contributed by atoms with E-state index in [0.29, 0.717) is 6.61 Å². The monoisotopic (exact) mass is 362 g/mol. The maximum absolute atomic E-state index is 5.52. The van der Waals surface area contributed by atoms with Gasteiger partial charge in [-0.25, -0.2) is 0 Å². The summed E-state index contributed by atoms with van der Waals surface area (Å²) in [5, 5.41) is 0. The summed E-state index contributed by atoms with van der Waals surface area (Å²) in [6.07, 6.45) is 2.16. The minimum Gasteiger partial charge on any atom is -0.378 e. The van der Waals surface area contributed by atoms with E-state index < -0.39 is 0 Å². The van der Waals surface area contributed by atoms with Crippen molar-refractivity contribution in [1.29, 1.82) is 0 Å². The average Bonchev–Trinajstić information content (AvgIpc) is 2.71. The predicted molar refractivity (Wildman–Crippen MR) is 114 cm³/mol. The number of ether oxygens (including phenoxy) is 1. The predicted octanol–water partition coefficient (Wildman–Crippen LogP) is 3.98. The van der Waals surface area contributed by atoms with Crippen molar-refractivity contribution >= 4 is 5.70 Å². The molecular formula is C24H30N2O. The molecule has 3 heteroatoms. The quantitative estimate of drug-likeness (QED) is 0.496. The van der Waals surface area contributed by atoms with Crippen molar-refractivity contribution in [3.63, 3.8) is 0 Å². The van der Waals surface area contributed by atoms with Crippen LogP contribution in [0.5, 0.6) is 0 Å². The lowest BCUT2D eigenvalue weighted by atomic mass is 10.1. The summed E-state index contributed by atoms with van der Waals surface area (Å²) in [4.78, 5) is 4.53. The van der Waals surface area contributed by atoms with Gasteiger partial charge in [0.15, 0.2) is 0 Å².